The number of nitrogens with one attached hydrogen (secondary N) is 2. The number of carbonyl (C=O) groups excluding carboxylic acids is 1. The Morgan fingerprint density at radius 3 is 2.76 bits per heavy atom. The smallest absolute Gasteiger partial charge is 0.315 e. The zero-order valence-electron chi connectivity index (χ0n) is 12.6. The Kier molecular flexibility index (Phi) is 5.44. The molecular weight excluding hydrogens is 268 g/mol. The van der Waals surface area contributed by atoms with Gasteiger partial charge in [-0.05, 0) is 36.5 Å². The van der Waals surface area contributed by atoms with Gasteiger partial charge < -0.3 is 20.5 Å². The maximum atomic E-state index is 11.7. The lowest BCUT2D eigenvalue weighted by atomic mass is 10.1. The van der Waals surface area contributed by atoms with Gasteiger partial charge in [0.15, 0.2) is 0 Å². The van der Waals surface area contributed by atoms with Crippen molar-refractivity contribution < 1.29 is 14.6 Å². The fourth-order valence-electron chi connectivity index (χ4n) is 2.47. The summed E-state index contributed by atoms with van der Waals surface area (Å²) < 4.78 is 5.07. The summed E-state index contributed by atoms with van der Waals surface area (Å²) >= 11 is 0. The van der Waals surface area contributed by atoms with Crippen LogP contribution >= 0.6 is 0 Å². The first-order valence-corrected chi connectivity index (χ1v) is 7.50. The van der Waals surface area contributed by atoms with Crippen molar-refractivity contribution in [2.75, 3.05) is 13.7 Å². The second kappa shape index (κ2) is 7.31. The molecule has 116 valence electrons. The van der Waals surface area contributed by atoms with Crippen molar-refractivity contribution >= 4 is 6.03 Å². The van der Waals surface area contributed by atoms with E-state index < -0.39 is 6.10 Å². The van der Waals surface area contributed by atoms with Gasteiger partial charge in [0.05, 0.1) is 13.2 Å². The number of benzene rings is 1. The Labute approximate surface area is 125 Å². The molecule has 0 heterocycles. The number of ether oxygens (including phenoxy) is 1. The molecule has 0 aliphatic heterocycles. The molecule has 2 amide bonds. The van der Waals surface area contributed by atoms with E-state index in [1.165, 1.54) is 6.42 Å². The van der Waals surface area contributed by atoms with Crippen LogP contribution in [0.2, 0.25) is 0 Å². The standard InChI is InChI=1S/C16H24N2O3/c1-3-4-12-9-14(12)18-16(20)17-10-15(19)11-5-7-13(21-2)8-6-11/h5-8,12,14-15,19H,3-4,9-10H2,1-2H3,(H2,17,18,20). The molecule has 0 aromatic heterocycles. The van der Waals surface area contributed by atoms with Crippen LogP contribution in [0.5, 0.6) is 5.75 Å². The molecular formula is C16H24N2O3. The predicted octanol–water partition coefficient (Wildman–Crippen LogP) is 2.22. The molecule has 1 aromatic carbocycles. The number of methoxy groups -OCH3 is 1. The number of hydrogen-bond acceptors (Lipinski definition) is 3. The van der Waals surface area contributed by atoms with Crippen molar-refractivity contribution in [2.24, 2.45) is 5.92 Å². The van der Waals surface area contributed by atoms with Crippen molar-refractivity contribution in [3.05, 3.63) is 29.8 Å². The number of urea groups is 1. The Hall–Kier alpha value is -1.75. The molecule has 1 fully saturated rings. The molecule has 3 unspecified atom stereocenters. The molecule has 0 saturated heterocycles. The Morgan fingerprint density at radius 2 is 2.14 bits per heavy atom. The first kappa shape index (κ1) is 15.6. The van der Waals surface area contributed by atoms with Gasteiger partial charge in [-0.25, -0.2) is 4.79 Å². The van der Waals surface area contributed by atoms with Crippen LogP contribution < -0.4 is 15.4 Å². The van der Waals surface area contributed by atoms with Gasteiger partial charge in [0, 0.05) is 12.6 Å². The van der Waals surface area contributed by atoms with E-state index >= 15 is 0 Å². The van der Waals surface area contributed by atoms with E-state index in [4.69, 9.17) is 4.74 Å². The second-order valence-corrected chi connectivity index (χ2v) is 5.53. The third kappa shape index (κ3) is 4.63. The molecule has 1 aromatic rings. The molecule has 0 bridgehead atoms. The van der Waals surface area contributed by atoms with Gasteiger partial charge in [0.25, 0.3) is 0 Å². The zero-order chi connectivity index (χ0) is 15.2. The van der Waals surface area contributed by atoms with E-state index in [-0.39, 0.29) is 12.6 Å². The lowest BCUT2D eigenvalue weighted by Gasteiger charge is -2.13. The number of aliphatic hydroxyl groups excluding tert-OH is 1. The van der Waals surface area contributed by atoms with Gasteiger partial charge in [0.1, 0.15) is 5.75 Å². The van der Waals surface area contributed by atoms with Gasteiger partial charge in [0.2, 0.25) is 0 Å². The normalized spacial score (nSPS) is 21.5. The van der Waals surface area contributed by atoms with Crippen LogP contribution in [0.15, 0.2) is 24.3 Å². The van der Waals surface area contributed by atoms with Crippen LogP contribution in [0, 0.1) is 5.92 Å². The maximum absolute atomic E-state index is 11.7. The van der Waals surface area contributed by atoms with Gasteiger partial charge in [-0.3, -0.25) is 0 Å². The van der Waals surface area contributed by atoms with Crippen molar-refractivity contribution in [1.82, 2.24) is 10.6 Å². The van der Waals surface area contributed by atoms with E-state index in [0.29, 0.717) is 12.0 Å². The van der Waals surface area contributed by atoms with Crippen LogP contribution in [-0.4, -0.2) is 30.8 Å². The Bertz CT molecular complexity index is 461. The average Bonchev–Trinajstić information content (AvgIpc) is 3.23. The highest BCUT2D eigenvalue weighted by Crippen LogP contribution is 2.34. The van der Waals surface area contributed by atoms with Crippen LogP contribution in [0.25, 0.3) is 0 Å². The number of rotatable bonds is 7. The van der Waals surface area contributed by atoms with Gasteiger partial charge in [-0.15, -0.1) is 0 Å². The number of hydrogen-bond donors (Lipinski definition) is 3. The highest BCUT2D eigenvalue weighted by molar-refractivity contribution is 5.74. The van der Waals surface area contributed by atoms with Gasteiger partial charge in [-0.2, -0.15) is 0 Å². The summed E-state index contributed by atoms with van der Waals surface area (Å²) in [5, 5.41) is 15.7. The average molecular weight is 292 g/mol. The van der Waals surface area contributed by atoms with Crippen molar-refractivity contribution in [3.8, 4) is 5.75 Å². The first-order chi connectivity index (χ1) is 10.1. The zero-order valence-corrected chi connectivity index (χ0v) is 12.6. The highest BCUT2D eigenvalue weighted by Gasteiger charge is 2.37. The van der Waals surface area contributed by atoms with E-state index in [1.54, 1.807) is 31.4 Å². The van der Waals surface area contributed by atoms with E-state index in [0.717, 1.165) is 24.2 Å². The van der Waals surface area contributed by atoms with Gasteiger partial charge in [-0.1, -0.05) is 25.5 Å². The third-order valence-electron chi connectivity index (χ3n) is 3.86. The summed E-state index contributed by atoms with van der Waals surface area (Å²) in [5.41, 5.74) is 0.756. The second-order valence-electron chi connectivity index (χ2n) is 5.53. The molecule has 5 nitrogen and oxygen atoms in total. The van der Waals surface area contributed by atoms with Crippen LogP contribution in [0.1, 0.15) is 37.9 Å². The molecule has 1 aliphatic rings. The summed E-state index contributed by atoms with van der Waals surface area (Å²) in [4.78, 5) is 11.7. The molecule has 5 heteroatoms. The quantitative estimate of drug-likeness (QED) is 0.721. The lowest BCUT2D eigenvalue weighted by Crippen LogP contribution is -2.39. The monoisotopic (exact) mass is 292 g/mol. The molecule has 1 aliphatic carbocycles. The molecule has 0 spiro atoms. The lowest BCUT2D eigenvalue weighted by molar-refractivity contribution is 0.173. The minimum atomic E-state index is -0.715. The minimum Gasteiger partial charge on any atom is -0.497 e. The van der Waals surface area contributed by atoms with E-state index in [1.807, 2.05) is 0 Å². The maximum Gasteiger partial charge on any atom is 0.315 e. The minimum absolute atomic E-state index is 0.198. The fourth-order valence-corrected chi connectivity index (χ4v) is 2.47. The summed E-state index contributed by atoms with van der Waals surface area (Å²) in [6, 6.07) is 7.27. The summed E-state index contributed by atoms with van der Waals surface area (Å²) in [7, 11) is 1.60. The van der Waals surface area contributed by atoms with Crippen molar-refractivity contribution in [2.45, 2.75) is 38.3 Å². The number of aliphatic hydroxyl groups is 1. The van der Waals surface area contributed by atoms with E-state index in [9.17, 15) is 9.90 Å². The highest BCUT2D eigenvalue weighted by atomic mass is 16.5. The molecule has 2 rings (SSSR count). The topological polar surface area (TPSA) is 70.6 Å². The fraction of sp³-hybridized carbons (Fsp3) is 0.562. The van der Waals surface area contributed by atoms with Crippen molar-refractivity contribution in [3.63, 3.8) is 0 Å². The number of carbonyl (C=O) groups is 1. The third-order valence-corrected chi connectivity index (χ3v) is 3.86. The SMILES string of the molecule is CCCC1CC1NC(=O)NCC(O)c1ccc(OC)cc1. The van der Waals surface area contributed by atoms with E-state index in [2.05, 4.69) is 17.6 Å². The Morgan fingerprint density at radius 1 is 1.43 bits per heavy atom. The molecule has 0 radical (unpaired) electrons. The summed E-state index contributed by atoms with van der Waals surface area (Å²) in [6.45, 7) is 2.35. The molecule has 3 atom stereocenters. The first-order valence-electron chi connectivity index (χ1n) is 7.50. The predicted molar refractivity (Wildman–Crippen MR) is 81.3 cm³/mol. The van der Waals surface area contributed by atoms with Crippen LogP contribution in [0.4, 0.5) is 4.79 Å². The van der Waals surface area contributed by atoms with Crippen molar-refractivity contribution in [1.29, 1.82) is 0 Å². The summed E-state index contributed by atoms with van der Waals surface area (Å²) in [5.74, 6) is 1.37. The molecule has 3 N–H and O–H groups in total. The number of amides is 2. The summed E-state index contributed by atoms with van der Waals surface area (Å²) in [6.07, 6.45) is 2.68. The molecule has 1 saturated carbocycles. The molecule has 21 heavy (non-hydrogen) atoms. The van der Waals surface area contributed by atoms with Gasteiger partial charge >= 0.3 is 6.03 Å². The Balaban J connectivity index is 1.70. The van der Waals surface area contributed by atoms with Crippen LogP contribution in [0.3, 0.4) is 0 Å². The largest absolute Gasteiger partial charge is 0.497 e. The van der Waals surface area contributed by atoms with Crippen LogP contribution in [-0.2, 0) is 0 Å².